The number of anilines is 1. The van der Waals surface area contributed by atoms with Crippen LogP contribution in [0.5, 0.6) is 5.75 Å². The molecule has 36 heavy (non-hydrogen) atoms. The number of fused-ring (bicyclic) bond motifs is 4. The molecule has 9 nitrogen and oxygen atoms in total. The number of aromatic amines is 2. The Morgan fingerprint density at radius 2 is 2.08 bits per heavy atom. The number of H-pyrrole nitrogens is 2. The minimum Gasteiger partial charge on any atom is -0.492 e. The fourth-order valence-electron chi connectivity index (χ4n) is 4.96. The predicted octanol–water partition coefficient (Wildman–Crippen LogP) is 3.80. The summed E-state index contributed by atoms with van der Waals surface area (Å²) in [6.07, 6.45) is 2.43. The van der Waals surface area contributed by atoms with Gasteiger partial charge in [-0.3, -0.25) is 9.89 Å². The number of hydrogen-bond acceptors (Lipinski definition) is 5. The Hall–Kier alpha value is -4.67. The molecule has 2 aromatic carbocycles. The van der Waals surface area contributed by atoms with Crippen molar-refractivity contribution in [3.63, 3.8) is 0 Å². The SMILES string of the molecule is Nc1n[nH]c2cc(F)c(Cn3c(C(=O)O)c(-c4ccc[nH]c4=O)c4c5c(c(F)cc43)CCCO5)cc12. The van der Waals surface area contributed by atoms with Gasteiger partial charge in [-0.2, -0.15) is 5.10 Å². The highest BCUT2D eigenvalue weighted by atomic mass is 19.1. The molecular formula is C25H19F2N5O4. The number of ether oxygens (including phenoxy) is 1. The third kappa shape index (κ3) is 3.16. The van der Waals surface area contributed by atoms with E-state index in [0.29, 0.717) is 41.3 Å². The van der Waals surface area contributed by atoms with Crippen LogP contribution >= 0.6 is 0 Å². The number of carbonyl (C=O) groups is 1. The molecule has 5 N–H and O–H groups in total. The fraction of sp³-hybridized carbons (Fsp3) is 0.160. The van der Waals surface area contributed by atoms with Crippen LogP contribution in [0.4, 0.5) is 14.6 Å². The number of halogens is 2. The maximum Gasteiger partial charge on any atom is 0.353 e. The molecule has 11 heteroatoms. The second kappa shape index (κ2) is 7.94. The van der Waals surface area contributed by atoms with Gasteiger partial charge in [0.25, 0.3) is 5.56 Å². The molecule has 1 aliphatic heterocycles. The normalized spacial score (nSPS) is 13.2. The maximum absolute atomic E-state index is 15.2. The average Bonchev–Trinajstić information content (AvgIpc) is 3.37. The average molecular weight is 491 g/mol. The molecule has 0 radical (unpaired) electrons. The molecular weight excluding hydrogens is 472 g/mol. The molecule has 0 amide bonds. The van der Waals surface area contributed by atoms with Gasteiger partial charge in [-0.05, 0) is 43.2 Å². The van der Waals surface area contributed by atoms with Crippen LogP contribution in [-0.4, -0.2) is 37.4 Å². The summed E-state index contributed by atoms with van der Waals surface area (Å²) in [4.78, 5) is 28.0. The molecule has 0 fully saturated rings. The van der Waals surface area contributed by atoms with Crippen LogP contribution in [0.2, 0.25) is 0 Å². The maximum atomic E-state index is 15.2. The Kier molecular flexibility index (Phi) is 4.82. The Morgan fingerprint density at radius 3 is 2.86 bits per heavy atom. The first kappa shape index (κ1) is 21.8. The zero-order valence-electron chi connectivity index (χ0n) is 18.7. The van der Waals surface area contributed by atoms with Crippen molar-refractivity contribution in [2.75, 3.05) is 12.3 Å². The van der Waals surface area contributed by atoms with Crippen LogP contribution in [0.15, 0.2) is 41.3 Å². The number of pyridine rings is 1. The molecule has 0 aliphatic carbocycles. The summed E-state index contributed by atoms with van der Waals surface area (Å²) in [5.74, 6) is -2.19. The zero-order valence-corrected chi connectivity index (χ0v) is 18.7. The highest BCUT2D eigenvalue weighted by Gasteiger charge is 2.31. The van der Waals surface area contributed by atoms with Crippen molar-refractivity contribution in [2.45, 2.75) is 19.4 Å². The number of benzene rings is 2. The lowest BCUT2D eigenvalue weighted by atomic mass is 9.97. The highest BCUT2D eigenvalue weighted by Crippen LogP contribution is 2.44. The van der Waals surface area contributed by atoms with E-state index in [9.17, 15) is 14.7 Å². The molecule has 5 aromatic rings. The summed E-state index contributed by atoms with van der Waals surface area (Å²) in [7, 11) is 0. The lowest BCUT2D eigenvalue weighted by Crippen LogP contribution is -2.14. The van der Waals surface area contributed by atoms with Crippen LogP contribution in [0, 0.1) is 11.6 Å². The second-order valence-electron chi connectivity index (χ2n) is 8.64. The Morgan fingerprint density at radius 1 is 1.25 bits per heavy atom. The monoisotopic (exact) mass is 491 g/mol. The Balaban J connectivity index is 1.72. The molecule has 6 rings (SSSR count). The van der Waals surface area contributed by atoms with Crippen molar-refractivity contribution < 1.29 is 23.4 Å². The van der Waals surface area contributed by atoms with Gasteiger partial charge < -0.3 is 25.1 Å². The van der Waals surface area contributed by atoms with Crippen molar-refractivity contribution in [1.29, 1.82) is 0 Å². The third-order valence-electron chi connectivity index (χ3n) is 6.55. The molecule has 0 saturated carbocycles. The van der Waals surface area contributed by atoms with E-state index in [-0.39, 0.29) is 46.0 Å². The number of aromatic carboxylic acids is 1. The van der Waals surface area contributed by atoms with E-state index < -0.39 is 23.2 Å². The van der Waals surface area contributed by atoms with Gasteiger partial charge in [0.2, 0.25) is 0 Å². The predicted molar refractivity (Wildman–Crippen MR) is 128 cm³/mol. The molecule has 0 atom stereocenters. The highest BCUT2D eigenvalue weighted by molar-refractivity contribution is 6.11. The standard InChI is InChI=1S/C25H19F2N5O4/c26-15-8-17-14(23(28)31-30-17)7-11(15)10-32-18-9-16(27)12-4-2-6-36-22(12)20(18)19(21(32)25(34)35)13-3-1-5-29-24(13)33/h1,3,5,7-9H,2,4,6,10H2,(H,29,33)(H,34,35)(H3,28,30,31). The molecule has 0 saturated heterocycles. The Labute approximate surface area is 201 Å². The summed E-state index contributed by atoms with van der Waals surface area (Å²) in [5, 5.41) is 17.6. The third-order valence-corrected chi connectivity index (χ3v) is 6.55. The topological polar surface area (TPSA) is 139 Å². The zero-order chi connectivity index (χ0) is 25.1. The van der Waals surface area contributed by atoms with Gasteiger partial charge in [-0.25, -0.2) is 13.6 Å². The molecule has 4 heterocycles. The van der Waals surface area contributed by atoms with Crippen molar-refractivity contribution >= 4 is 33.6 Å². The number of aromatic nitrogens is 4. The van der Waals surface area contributed by atoms with Gasteiger partial charge in [-0.1, -0.05) is 0 Å². The van der Waals surface area contributed by atoms with Gasteiger partial charge in [0.05, 0.1) is 35.1 Å². The van der Waals surface area contributed by atoms with Gasteiger partial charge >= 0.3 is 5.97 Å². The van der Waals surface area contributed by atoms with Gasteiger partial charge in [-0.15, -0.1) is 0 Å². The lowest BCUT2D eigenvalue weighted by molar-refractivity contribution is 0.0687. The number of nitrogen functional groups attached to an aromatic ring is 1. The molecule has 1 aliphatic rings. The van der Waals surface area contributed by atoms with Gasteiger partial charge in [0.1, 0.15) is 23.1 Å². The van der Waals surface area contributed by atoms with Crippen LogP contribution in [0.25, 0.3) is 32.9 Å². The van der Waals surface area contributed by atoms with Crippen LogP contribution in [0.3, 0.4) is 0 Å². The molecule has 182 valence electrons. The lowest BCUT2D eigenvalue weighted by Gasteiger charge is -2.20. The van der Waals surface area contributed by atoms with Crippen molar-refractivity contribution in [2.24, 2.45) is 0 Å². The summed E-state index contributed by atoms with van der Waals surface area (Å²) in [6.45, 7) is 0.0439. The first-order valence-corrected chi connectivity index (χ1v) is 11.2. The fourth-order valence-corrected chi connectivity index (χ4v) is 4.96. The van der Waals surface area contributed by atoms with Crippen molar-refractivity contribution in [3.05, 3.63) is 75.3 Å². The largest absolute Gasteiger partial charge is 0.492 e. The van der Waals surface area contributed by atoms with Gasteiger partial charge in [0.15, 0.2) is 5.82 Å². The number of carboxylic acids is 1. The van der Waals surface area contributed by atoms with E-state index in [0.717, 1.165) is 0 Å². The number of hydrogen-bond donors (Lipinski definition) is 4. The number of nitrogens with one attached hydrogen (secondary N) is 2. The smallest absolute Gasteiger partial charge is 0.353 e. The van der Waals surface area contributed by atoms with Gasteiger partial charge in [0, 0.05) is 28.3 Å². The van der Waals surface area contributed by atoms with E-state index in [1.54, 1.807) is 6.07 Å². The molecule has 0 unspecified atom stereocenters. The van der Waals surface area contributed by atoms with E-state index in [1.807, 2.05) is 0 Å². The van der Waals surface area contributed by atoms with Crippen molar-refractivity contribution in [1.82, 2.24) is 19.7 Å². The van der Waals surface area contributed by atoms with Crippen LogP contribution in [-0.2, 0) is 13.0 Å². The van der Waals surface area contributed by atoms with E-state index in [2.05, 4.69) is 15.2 Å². The van der Waals surface area contributed by atoms with Crippen LogP contribution in [0.1, 0.15) is 28.0 Å². The molecule has 3 aromatic heterocycles. The number of carboxylic acid groups (broad SMARTS) is 1. The minimum atomic E-state index is -1.36. The first-order chi connectivity index (χ1) is 17.3. The van der Waals surface area contributed by atoms with E-state index in [4.69, 9.17) is 10.5 Å². The second-order valence-corrected chi connectivity index (χ2v) is 8.64. The molecule has 0 bridgehead atoms. The Bertz CT molecular complexity index is 1770. The summed E-state index contributed by atoms with van der Waals surface area (Å²) in [6, 6.07) is 6.97. The minimum absolute atomic E-state index is 0.0802. The van der Waals surface area contributed by atoms with E-state index in [1.165, 1.54) is 35.0 Å². The summed E-state index contributed by atoms with van der Waals surface area (Å²) >= 11 is 0. The summed E-state index contributed by atoms with van der Waals surface area (Å²) in [5.41, 5.74) is 6.22. The number of nitrogens with zero attached hydrogens (tertiary/aromatic N) is 2. The summed E-state index contributed by atoms with van der Waals surface area (Å²) < 4.78 is 37.5. The van der Waals surface area contributed by atoms with Crippen molar-refractivity contribution in [3.8, 4) is 16.9 Å². The van der Waals surface area contributed by atoms with Crippen LogP contribution < -0.4 is 16.0 Å². The number of rotatable bonds is 4. The van der Waals surface area contributed by atoms with E-state index >= 15 is 8.78 Å². The first-order valence-electron chi connectivity index (χ1n) is 11.2. The molecule has 0 spiro atoms. The quantitative estimate of drug-likeness (QED) is 0.302. The number of nitrogens with two attached hydrogens (primary N) is 1.